The van der Waals surface area contributed by atoms with E-state index in [1.807, 2.05) is 5.32 Å². The zero-order chi connectivity index (χ0) is 21.9. The minimum atomic E-state index is -1.38. The number of benzene rings is 1. The number of nitrogens with zero attached hydrogens (tertiary/aromatic N) is 3. The van der Waals surface area contributed by atoms with Gasteiger partial charge >= 0.3 is 6.09 Å². The second-order valence-electron chi connectivity index (χ2n) is 6.67. The van der Waals surface area contributed by atoms with Crippen LogP contribution in [0.25, 0.3) is 11.1 Å². The summed E-state index contributed by atoms with van der Waals surface area (Å²) in [7, 11) is 0. The Kier molecular flexibility index (Phi) is 6.13. The number of rotatable bonds is 6. The first kappa shape index (κ1) is 21.4. The molecule has 0 spiro atoms. The molecule has 1 aromatic carbocycles. The van der Waals surface area contributed by atoms with Crippen LogP contribution in [0.3, 0.4) is 0 Å². The lowest BCUT2D eigenvalue weighted by Crippen LogP contribution is -2.64. The Bertz CT molecular complexity index is 979. The van der Waals surface area contributed by atoms with Crippen LogP contribution in [-0.2, 0) is 11.3 Å². The topological polar surface area (TPSA) is 133 Å². The molecule has 160 valence electrons. The van der Waals surface area contributed by atoms with Crippen LogP contribution in [0.4, 0.5) is 19.4 Å². The Hall–Kier alpha value is -3.31. The van der Waals surface area contributed by atoms with Gasteiger partial charge in [-0.3, -0.25) is 5.32 Å². The summed E-state index contributed by atoms with van der Waals surface area (Å²) in [4.78, 5) is 19.9. The van der Waals surface area contributed by atoms with Gasteiger partial charge in [-0.25, -0.2) is 23.6 Å². The highest BCUT2D eigenvalue weighted by Gasteiger charge is 2.43. The van der Waals surface area contributed by atoms with Crippen molar-refractivity contribution in [3.8, 4) is 11.1 Å². The first-order valence-corrected chi connectivity index (χ1v) is 9.07. The fourth-order valence-electron chi connectivity index (χ4n) is 3.11. The third-order valence-electron chi connectivity index (χ3n) is 4.45. The number of guanidine groups is 1. The van der Waals surface area contributed by atoms with Gasteiger partial charge in [0.05, 0.1) is 19.6 Å². The number of aliphatic imine (C=N–C) groups is 1. The molecule has 30 heavy (non-hydrogen) atoms. The number of amides is 1. The summed E-state index contributed by atoms with van der Waals surface area (Å²) in [5, 5.41) is 20.5. The molecule has 0 bridgehead atoms. The van der Waals surface area contributed by atoms with Gasteiger partial charge in [-0.05, 0) is 13.0 Å². The van der Waals surface area contributed by atoms with Gasteiger partial charge in [-0.1, -0.05) is 18.2 Å². The van der Waals surface area contributed by atoms with Crippen LogP contribution in [0, 0.1) is 11.6 Å². The maximum absolute atomic E-state index is 14.9. The number of aliphatic hydroxyl groups is 1. The van der Waals surface area contributed by atoms with E-state index >= 15 is 0 Å². The van der Waals surface area contributed by atoms with Gasteiger partial charge in [-0.2, -0.15) is 0 Å². The van der Waals surface area contributed by atoms with Gasteiger partial charge in [0.25, 0.3) is 0 Å². The SMILES string of the molecule is CCOC1(O)CN(c2ncc(-c3cccc(CN=C(N)NC(=O)O)c3F)cc2F)C1. The molecule has 1 aliphatic rings. The molecule has 1 aromatic heterocycles. The monoisotopic (exact) mass is 421 g/mol. The summed E-state index contributed by atoms with van der Waals surface area (Å²) in [5.41, 5.74) is 5.87. The molecule has 2 aromatic rings. The molecule has 11 heteroatoms. The van der Waals surface area contributed by atoms with E-state index in [0.717, 1.165) is 6.07 Å². The standard InChI is InChI=1S/C19H21F2N5O4/c1-2-30-19(29)9-26(10-19)16-14(20)6-12(8-23-16)13-5-3-4-11(15(13)21)7-24-17(22)25-18(27)28/h3-6,8,29H,2,7,9-10H2,1H3,(H,27,28)(H3,22,24,25). The van der Waals surface area contributed by atoms with Crippen LogP contribution in [0.1, 0.15) is 12.5 Å². The van der Waals surface area contributed by atoms with Crippen LogP contribution in [-0.4, -0.2) is 52.7 Å². The molecule has 0 radical (unpaired) electrons. The van der Waals surface area contributed by atoms with Crippen molar-refractivity contribution < 1.29 is 28.5 Å². The van der Waals surface area contributed by atoms with E-state index in [0.29, 0.717) is 6.61 Å². The second-order valence-corrected chi connectivity index (χ2v) is 6.67. The number of nitrogens with two attached hydrogens (primary N) is 1. The largest absolute Gasteiger partial charge is 0.465 e. The number of halogens is 2. The van der Waals surface area contributed by atoms with Crippen LogP contribution < -0.4 is 16.0 Å². The van der Waals surface area contributed by atoms with E-state index in [2.05, 4.69) is 9.98 Å². The molecule has 5 N–H and O–H groups in total. The van der Waals surface area contributed by atoms with E-state index in [1.165, 1.54) is 23.2 Å². The van der Waals surface area contributed by atoms with Crippen molar-refractivity contribution in [1.29, 1.82) is 0 Å². The molecule has 1 aliphatic heterocycles. The normalized spacial score (nSPS) is 15.6. The van der Waals surface area contributed by atoms with E-state index in [9.17, 15) is 18.7 Å². The number of hydrogen-bond acceptors (Lipinski definition) is 6. The predicted octanol–water partition coefficient (Wildman–Crippen LogP) is 1.65. The zero-order valence-corrected chi connectivity index (χ0v) is 16.1. The van der Waals surface area contributed by atoms with Crippen LogP contribution >= 0.6 is 0 Å². The highest BCUT2D eigenvalue weighted by atomic mass is 19.1. The molecule has 1 fully saturated rings. The molecular weight excluding hydrogens is 400 g/mol. The highest BCUT2D eigenvalue weighted by Crippen LogP contribution is 2.32. The van der Waals surface area contributed by atoms with Crippen molar-refractivity contribution in [2.45, 2.75) is 19.3 Å². The molecule has 3 rings (SSSR count). The minimum absolute atomic E-state index is 0.0387. The van der Waals surface area contributed by atoms with E-state index < -0.39 is 23.5 Å². The summed E-state index contributed by atoms with van der Waals surface area (Å²) in [6, 6.07) is 5.65. The van der Waals surface area contributed by atoms with E-state index in [4.69, 9.17) is 15.6 Å². The summed E-state index contributed by atoms with van der Waals surface area (Å²) in [6.07, 6.45) is -0.0450. The van der Waals surface area contributed by atoms with Gasteiger partial charge in [0.15, 0.2) is 17.6 Å². The zero-order valence-electron chi connectivity index (χ0n) is 16.1. The number of hydrogen-bond donors (Lipinski definition) is 4. The molecule has 0 unspecified atom stereocenters. The molecule has 0 atom stereocenters. The maximum atomic E-state index is 14.9. The molecule has 2 heterocycles. The van der Waals surface area contributed by atoms with Crippen molar-refractivity contribution in [2.24, 2.45) is 10.7 Å². The summed E-state index contributed by atoms with van der Waals surface area (Å²) >= 11 is 0. The summed E-state index contributed by atoms with van der Waals surface area (Å²) in [6.45, 7) is 2.04. The average molecular weight is 421 g/mol. The first-order valence-electron chi connectivity index (χ1n) is 9.07. The Morgan fingerprint density at radius 1 is 1.43 bits per heavy atom. The number of pyridine rings is 1. The van der Waals surface area contributed by atoms with E-state index in [-0.39, 0.29) is 48.1 Å². The number of carbonyl (C=O) groups is 1. The Labute approximate surface area is 170 Å². The Morgan fingerprint density at radius 2 is 2.17 bits per heavy atom. The average Bonchev–Trinajstić information content (AvgIpc) is 2.65. The van der Waals surface area contributed by atoms with Crippen LogP contribution in [0.2, 0.25) is 0 Å². The lowest BCUT2D eigenvalue weighted by atomic mass is 10.0. The van der Waals surface area contributed by atoms with Crippen molar-refractivity contribution >= 4 is 17.9 Å². The Balaban J connectivity index is 1.78. The third kappa shape index (κ3) is 4.63. The van der Waals surface area contributed by atoms with Crippen molar-refractivity contribution in [3.05, 3.63) is 47.7 Å². The number of ether oxygens (including phenoxy) is 1. The van der Waals surface area contributed by atoms with Crippen molar-refractivity contribution in [3.63, 3.8) is 0 Å². The predicted molar refractivity (Wildman–Crippen MR) is 105 cm³/mol. The minimum Gasteiger partial charge on any atom is -0.465 e. The van der Waals surface area contributed by atoms with Gasteiger partial charge < -0.3 is 25.6 Å². The molecule has 1 saturated heterocycles. The number of carboxylic acid groups (broad SMARTS) is 1. The van der Waals surface area contributed by atoms with Gasteiger partial charge in [-0.15, -0.1) is 0 Å². The van der Waals surface area contributed by atoms with Crippen molar-refractivity contribution in [2.75, 3.05) is 24.6 Å². The first-order chi connectivity index (χ1) is 14.2. The van der Waals surface area contributed by atoms with Gasteiger partial charge in [0.2, 0.25) is 5.79 Å². The molecular formula is C19H21F2N5O4. The Morgan fingerprint density at radius 3 is 2.80 bits per heavy atom. The lowest BCUT2D eigenvalue weighted by molar-refractivity contribution is -0.214. The molecule has 9 nitrogen and oxygen atoms in total. The highest BCUT2D eigenvalue weighted by molar-refractivity contribution is 5.92. The van der Waals surface area contributed by atoms with Crippen LogP contribution in [0.5, 0.6) is 0 Å². The van der Waals surface area contributed by atoms with E-state index in [1.54, 1.807) is 13.0 Å². The fourth-order valence-corrected chi connectivity index (χ4v) is 3.11. The summed E-state index contributed by atoms with van der Waals surface area (Å²) in [5.74, 6) is -2.96. The van der Waals surface area contributed by atoms with Crippen molar-refractivity contribution in [1.82, 2.24) is 10.3 Å². The molecule has 0 aliphatic carbocycles. The number of aromatic nitrogens is 1. The molecule has 0 saturated carbocycles. The van der Waals surface area contributed by atoms with Gasteiger partial charge in [0.1, 0.15) is 5.82 Å². The third-order valence-corrected chi connectivity index (χ3v) is 4.45. The second kappa shape index (κ2) is 8.59. The number of β-amino-alcohol motifs (C(OH)–C–C–N with tert-alkyl or cyclic N) is 1. The quantitative estimate of drug-likeness (QED) is 0.317. The smallest absolute Gasteiger partial charge is 0.411 e. The maximum Gasteiger partial charge on any atom is 0.411 e. The lowest BCUT2D eigenvalue weighted by Gasteiger charge is -2.46. The van der Waals surface area contributed by atoms with Gasteiger partial charge in [0, 0.05) is 29.5 Å². The summed E-state index contributed by atoms with van der Waals surface area (Å²) < 4.78 is 34.7. The molecule has 1 amide bonds. The fraction of sp³-hybridized carbons (Fsp3) is 0.316. The number of anilines is 1. The number of nitrogens with one attached hydrogen (secondary N) is 1. The van der Waals surface area contributed by atoms with Crippen LogP contribution in [0.15, 0.2) is 35.5 Å².